The molecule has 9 heteroatoms. The van der Waals surface area contributed by atoms with Gasteiger partial charge in [0.25, 0.3) is 0 Å². The van der Waals surface area contributed by atoms with E-state index in [4.69, 9.17) is 5.14 Å². The van der Waals surface area contributed by atoms with Crippen molar-refractivity contribution >= 4 is 48.3 Å². The molecule has 1 saturated heterocycles. The first-order valence-electron chi connectivity index (χ1n) is 6.38. The van der Waals surface area contributed by atoms with Gasteiger partial charge >= 0.3 is 0 Å². The first-order valence-corrected chi connectivity index (χ1v) is 9.66. The molecule has 0 bridgehead atoms. The quantitative estimate of drug-likeness (QED) is 0.850. The zero-order chi connectivity index (χ0) is 15.9. The molecular weight excluding hydrogens is 390 g/mol. The van der Waals surface area contributed by atoms with E-state index in [0.717, 1.165) is 15.7 Å². The van der Waals surface area contributed by atoms with E-state index in [9.17, 15) is 13.2 Å². The molecule has 0 aliphatic carbocycles. The van der Waals surface area contributed by atoms with Gasteiger partial charge in [0.15, 0.2) is 5.13 Å². The van der Waals surface area contributed by atoms with Crippen LogP contribution in [-0.2, 0) is 14.8 Å². The third-order valence-corrected chi connectivity index (χ3v) is 6.05. The SMILES string of the molecule is NS(=O)(=O)C1CC(=O)N(c2nc(-c3ccc(Br)cc3)cs2)C1. The molecule has 2 heterocycles. The number of carbonyl (C=O) groups excluding carboxylic acids is 1. The summed E-state index contributed by atoms with van der Waals surface area (Å²) >= 11 is 4.68. The van der Waals surface area contributed by atoms with Crippen LogP contribution in [0.2, 0.25) is 0 Å². The number of aromatic nitrogens is 1. The Morgan fingerprint density at radius 1 is 1.32 bits per heavy atom. The Balaban J connectivity index is 1.85. The van der Waals surface area contributed by atoms with Gasteiger partial charge in [0.2, 0.25) is 15.9 Å². The maximum atomic E-state index is 12.0. The first kappa shape index (κ1) is 15.6. The largest absolute Gasteiger partial charge is 0.287 e. The van der Waals surface area contributed by atoms with E-state index in [2.05, 4.69) is 20.9 Å². The van der Waals surface area contributed by atoms with Gasteiger partial charge in [-0.05, 0) is 12.1 Å². The molecule has 22 heavy (non-hydrogen) atoms. The normalized spacial score (nSPS) is 18.9. The number of primary sulfonamides is 1. The Hall–Kier alpha value is -1.29. The highest BCUT2D eigenvalue weighted by Crippen LogP contribution is 2.31. The number of nitrogens with two attached hydrogens (primary N) is 1. The van der Waals surface area contributed by atoms with Crippen LogP contribution in [-0.4, -0.2) is 31.1 Å². The molecule has 1 aliphatic heterocycles. The van der Waals surface area contributed by atoms with Crippen LogP contribution in [0.4, 0.5) is 5.13 Å². The Bertz CT molecular complexity index is 817. The van der Waals surface area contributed by atoms with Gasteiger partial charge in [0, 0.05) is 28.4 Å². The third kappa shape index (κ3) is 3.07. The third-order valence-electron chi connectivity index (χ3n) is 3.42. The van der Waals surface area contributed by atoms with Crippen LogP contribution in [0.25, 0.3) is 11.3 Å². The van der Waals surface area contributed by atoms with Gasteiger partial charge in [-0.1, -0.05) is 28.1 Å². The molecule has 0 spiro atoms. The fraction of sp³-hybridized carbons (Fsp3) is 0.231. The highest BCUT2D eigenvalue weighted by atomic mass is 79.9. The highest BCUT2D eigenvalue weighted by Gasteiger charge is 2.38. The van der Waals surface area contributed by atoms with Crippen molar-refractivity contribution in [3.05, 3.63) is 34.1 Å². The fourth-order valence-corrected chi connectivity index (χ4v) is 4.08. The molecule has 1 aromatic carbocycles. The monoisotopic (exact) mass is 401 g/mol. The minimum atomic E-state index is -3.72. The summed E-state index contributed by atoms with van der Waals surface area (Å²) in [4.78, 5) is 17.8. The van der Waals surface area contributed by atoms with Crippen LogP contribution in [0, 0.1) is 0 Å². The predicted octanol–water partition coefficient (Wildman–Crippen LogP) is 1.97. The predicted molar refractivity (Wildman–Crippen MR) is 89.1 cm³/mol. The molecule has 2 N–H and O–H groups in total. The van der Waals surface area contributed by atoms with Gasteiger partial charge in [-0.25, -0.2) is 18.5 Å². The van der Waals surface area contributed by atoms with Crippen molar-refractivity contribution in [2.24, 2.45) is 5.14 Å². The van der Waals surface area contributed by atoms with E-state index in [1.165, 1.54) is 16.2 Å². The molecule has 1 aliphatic rings. The van der Waals surface area contributed by atoms with Crippen LogP contribution in [0.15, 0.2) is 34.1 Å². The van der Waals surface area contributed by atoms with Crippen LogP contribution in [0.3, 0.4) is 0 Å². The van der Waals surface area contributed by atoms with Gasteiger partial charge in [0.1, 0.15) is 5.25 Å². The molecule has 2 aromatic rings. The molecule has 1 amide bonds. The van der Waals surface area contributed by atoms with Gasteiger partial charge in [-0.15, -0.1) is 11.3 Å². The number of hydrogen-bond donors (Lipinski definition) is 1. The maximum absolute atomic E-state index is 12.0. The van der Waals surface area contributed by atoms with Crippen molar-refractivity contribution in [1.29, 1.82) is 0 Å². The molecule has 1 unspecified atom stereocenters. The minimum Gasteiger partial charge on any atom is -0.287 e. The van der Waals surface area contributed by atoms with Crippen LogP contribution >= 0.6 is 27.3 Å². The lowest BCUT2D eigenvalue weighted by atomic mass is 10.2. The van der Waals surface area contributed by atoms with Crippen molar-refractivity contribution in [3.8, 4) is 11.3 Å². The average molecular weight is 402 g/mol. The molecule has 116 valence electrons. The number of rotatable bonds is 3. The summed E-state index contributed by atoms with van der Waals surface area (Å²) in [6.07, 6.45) is -0.0912. The fourth-order valence-electron chi connectivity index (χ4n) is 2.22. The number of carbonyl (C=O) groups is 1. The van der Waals surface area contributed by atoms with Crippen molar-refractivity contribution in [2.75, 3.05) is 11.4 Å². The number of halogens is 1. The molecule has 0 saturated carbocycles. The van der Waals surface area contributed by atoms with E-state index >= 15 is 0 Å². The summed E-state index contributed by atoms with van der Waals surface area (Å²) in [5.41, 5.74) is 1.68. The molecule has 1 aromatic heterocycles. The number of sulfonamides is 1. The lowest BCUT2D eigenvalue weighted by molar-refractivity contribution is -0.117. The van der Waals surface area contributed by atoms with E-state index in [-0.39, 0.29) is 18.9 Å². The first-order chi connectivity index (χ1) is 10.3. The second-order valence-electron chi connectivity index (χ2n) is 4.94. The van der Waals surface area contributed by atoms with E-state index in [0.29, 0.717) is 5.13 Å². The summed E-state index contributed by atoms with van der Waals surface area (Å²) in [6, 6.07) is 7.66. The van der Waals surface area contributed by atoms with Crippen LogP contribution < -0.4 is 10.0 Å². The topological polar surface area (TPSA) is 93.4 Å². The van der Waals surface area contributed by atoms with E-state index < -0.39 is 15.3 Å². The number of nitrogens with zero attached hydrogens (tertiary/aromatic N) is 2. The number of anilines is 1. The smallest absolute Gasteiger partial charge is 0.230 e. The molecule has 6 nitrogen and oxygen atoms in total. The Morgan fingerprint density at radius 3 is 2.59 bits per heavy atom. The number of hydrogen-bond acceptors (Lipinski definition) is 5. The van der Waals surface area contributed by atoms with Crippen molar-refractivity contribution in [3.63, 3.8) is 0 Å². The van der Waals surface area contributed by atoms with Crippen molar-refractivity contribution < 1.29 is 13.2 Å². The van der Waals surface area contributed by atoms with E-state index in [1.54, 1.807) is 0 Å². The number of thiazole rings is 1. The average Bonchev–Trinajstić information content (AvgIpc) is 3.05. The summed E-state index contributed by atoms with van der Waals surface area (Å²) < 4.78 is 23.8. The van der Waals surface area contributed by atoms with Gasteiger partial charge in [-0.2, -0.15) is 0 Å². The molecular formula is C13H12BrN3O3S2. The van der Waals surface area contributed by atoms with Gasteiger partial charge in [0.05, 0.1) is 5.69 Å². The standard InChI is InChI=1S/C13H12BrN3O3S2/c14-9-3-1-8(2-4-9)11-7-21-13(16-11)17-6-10(5-12(17)18)22(15,19)20/h1-4,7,10H,5-6H2,(H2,15,19,20). The maximum Gasteiger partial charge on any atom is 0.230 e. The van der Waals surface area contributed by atoms with E-state index in [1.807, 2.05) is 29.6 Å². The second-order valence-corrected chi connectivity index (χ2v) is 8.54. The summed E-state index contributed by atoms with van der Waals surface area (Å²) in [5, 5.41) is 6.60. The lowest BCUT2D eigenvalue weighted by Crippen LogP contribution is -2.32. The summed E-state index contributed by atoms with van der Waals surface area (Å²) in [5.74, 6) is -0.268. The molecule has 0 radical (unpaired) electrons. The molecule has 3 rings (SSSR count). The Morgan fingerprint density at radius 2 is 2.00 bits per heavy atom. The van der Waals surface area contributed by atoms with Crippen molar-refractivity contribution in [2.45, 2.75) is 11.7 Å². The Labute approximate surface area is 140 Å². The minimum absolute atomic E-state index is 0.0605. The zero-order valence-corrected chi connectivity index (χ0v) is 14.5. The van der Waals surface area contributed by atoms with Gasteiger partial charge < -0.3 is 0 Å². The lowest BCUT2D eigenvalue weighted by Gasteiger charge is -2.11. The number of amides is 1. The zero-order valence-electron chi connectivity index (χ0n) is 11.3. The van der Waals surface area contributed by atoms with Crippen LogP contribution in [0.5, 0.6) is 0 Å². The summed E-state index contributed by atoms with van der Waals surface area (Å²) in [6.45, 7) is 0.0605. The Kier molecular flexibility index (Phi) is 4.06. The number of benzene rings is 1. The second kappa shape index (κ2) is 5.73. The molecule has 1 fully saturated rings. The summed E-state index contributed by atoms with van der Waals surface area (Å²) in [7, 11) is -3.72. The van der Waals surface area contributed by atoms with Gasteiger partial charge in [-0.3, -0.25) is 9.69 Å². The van der Waals surface area contributed by atoms with Crippen LogP contribution in [0.1, 0.15) is 6.42 Å². The molecule has 1 atom stereocenters. The van der Waals surface area contributed by atoms with Crippen molar-refractivity contribution in [1.82, 2.24) is 4.98 Å². The highest BCUT2D eigenvalue weighted by molar-refractivity contribution is 9.10.